The molecule has 0 aromatic heterocycles. The minimum atomic E-state index is -0.0998. The Morgan fingerprint density at radius 3 is 2.24 bits per heavy atom. The summed E-state index contributed by atoms with van der Waals surface area (Å²) < 4.78 is 0. The maximum Gasteiger partial charge on any atom is 0.224 e. The molecule has 25 heavy (non-hydrogen) atoms. The lowest BCUT2D eigenvalue weighted by molar-refractivity contribution is -0.121. The van der Waals surface area contributed by atoms with Crippen molar-refractivity contribution >= 4 is 17.5 Å². The second-order valence-corrected chi connectivity index (χ2v) is 6.83. The molecule has 1 saturated carbocycles. The van der Waals surface area contributed by atoms with Gasteiger partial charge in [0, 0.05) is 24.6 Å². The number of rotatable bonds is 6. The van der Waals surface area contributed by atoms with Gasteiger partial charge in [-0.25, -0.2) is 0 Å². The molecule has 0 bridgehead atoms. The van der Waals surface area contributed by atoms with Gasteiger partial charge >= 0.3 is 0 Å². The van der Waals surface area contributed by atoms with Crippen molar-refractivity contribution < 1.29 is 9.59 Å². The molecule has 4 nitrogen and oxygen atoms in total. The highest BCUT2D eigenvalue weighted by molar-refractivity contribution is 5.88. The van der Waals surface area contributed by atoms with E-state index >= 15 is 0 Å². The fourth-order valence-corrected chi connectivity index (χ4v) is 3.39. The van der Waals surface area contributed by atoms with Crippen LogP contribution < -0.4 is 10.6 Å². The minimum Gasteiger partial charge on any atom is -0.355 e. The molecule has 0 unspecified atom stereocenters. The lowest BCUT2D eigenvalue weighted by Crippen LogP contribution is -2.45. The predicted molar refractivity (Wildman–Crippen MR) is 99.4 cm³/mol. The topological polar surface area (TPSA) is 58.2 Å². The molecular weight excluding hydrogens is 312 g/mol. The average molecular weight is 336 g/mol. The van der Waals surface area contributed by atoms with E-state index in [-0.39, 0.29) is 17.2 Å². The van der Waals surface area contributed by atoms with Crippen LogP contribution in [-0.4, -0.2) is 18.4 Å². The first kappa shape index (κ1) is 17.2. The number of carbonyl (C=O) groups excluding carboxylic acids is 2. The largest absolute Gasteiger partial charge is 0.355 e. The number of hydrogen-bond donors (Lipinski definition) is 2. The molecular formula is C21H24N2O2. The number of carbonyl (C=O) groups is 2. The Labute approximate surface area is 148 Å². The molecule has 2 N–H and O–H groups in total. The Morgan fingerprint density at radius 1 is 1.00 bits per heavy atom. The maximum absolute atomic E-state index is 12.3. The van der Waals surface area contributed by atoms with Crippen LogP contribution in [0.5, 0.6) is 0 Å². The smallest absolute Gasteiger partial charge is 0.224 e. The maximum atomic E-state index is 12.3. The van der Waals surface area contributed by atoms with Gasteiger partial charge in [0.05, 0.1) is 6.42 Å². The Bertz CT molecular complexity index is 734. The van der Waals surface area contributed by atoms with Crippen LogP contribution in [-0.2, 0) is 21.4 Å². The van der Waals surface area contributed by atoms with E-state index in [9.17, 15) is 9.59 Å². The SMILES string of the molecule is CC(=O)Nc1ccc(CC(=O)NCC2(c3ccccc3)CCC2)cc1. The summed E-state index contributed by atoms with van der Waals surface area (Å²) in [6, 6.07) is 17.9. The zero-order valence-electron chi connectivity index (χ0n) is 14.5. The van der Waals surface area contributed by atoms with Crippen molar-refractivity contribution in [2.45, 2.75) is 38.0 Å². The summed E-state index contributed by atoms with van der Waals surface area (Å²) in [6.07, 6.45) is 3.83. The first-order valence-corrected chi connectivity index (χ1v) is 8.76. The van der Waals surface area contributed by atoms with E-state index in [0.717, 1.165) is 24.1 Å². The first-order chi connectivity index (χ1) is 12.1. The molecule has 0 spiro atoms. The van der Waals surface area contributed by atoms with Crippen LogP contribution in [0.2, 0.25) is 0 Å². The summed E-state index contributed by atoms with van der Waals surface area (Å²) in [5.74, 6) is -0.0633. The zero-order chi connectivity index (χ0) is 17.7. The predicted octanol–water partition coefficient (Wildman–Crippen LogP) is 3.43. The molecule has 130 valence electrons. The van der Waals surface area contributed by atoms with Gasteiger partial charge in [-0.3, -0.25) is 9.59 Å². The van der Waals surface area contributed by atoms with Crippen molar-refractivity contribution in [3.8, 4) is 0 Å². The van der Waals surface area contributed by atoms with Crippen molar-refractivity contribution in [2.75, 3.05) is 11.9 Å². The van der Waals surface area contributed by atoms with Gasteiger partial charge < -0.3 is 10.6 Å². The third-order valence-corrected chi connectivity index (χ3v) is 4.96. The second-order valence-electron chi connectivity index (χ2n) is 6.83. The van der Waals surface area contributed by atoms with E-state index in [2.05, 4.69) is 34.9 Å². The highest BCUT2D eigenvalue weighted by Gasteiger charge is 2.38. The van der Waals surface area contributed by atoms with Gasteiger partial charge in [0.25, 0.3) is 0 Å². The van der Waals surface area contributed by atoms with E-state index in [1.165, 1.54) is 18.9 Å². The third kappa shape index (κ3) is 4.27. The Kier molecular flexibility index (Phi) is 5.17. The molecule has 2 aromatic rings. The third-order valence-electron chi connectivity index (χ3n) is 4.96. The number of anilines is 1. The molecule has 4 heteroatoms. The Balaban J connectivity index is 1.55. The molecule has 0 radical (unpaired) electrons. The molecule has 1 aliphatic rings. The summed E-state index contributed by atoms with van der Waals surface area (Å²) in [4.78, 5) is 23.3. The van der Waals surface area contributed by atoms with Crippen LogP contribution in [0.3, 0.4) is 0 Å². The van der Waals surface area contributed by atoms with Crippen molar-refractivity contribution in [1.29, 1.82) is 0 Å². The second kappa shape index (κ2) is 7.51. The zero-order valence-corrected chi connectivity index (χ0v) is 14.5. The van der Waals surface area contributed by atoms with Gasteiger partial charge in [-0.05, 0) is 36.1 Å². The molecule has 1 fully saturated rings. The highest BCUT2D eigenvalue weighted by Crippen LogP contribution is 2.43. The Hall–Kier alpha value is -2.62. The van der Waals surface area contributed by atoms with Crippen LogP contribution in [0.15, 0.2) is 54.6 Å². The van der Waals surface area contributed by atoms with E-state index in [0.29, 0.717) is 13.0 Å². The lowest BCUT2D eigenvalue weighted by atomic mass is 9.64. The fraction of sp³-hybridized carbons (Fsp3) is 0.333. The fourth-order valence-electron chi connectivity index (χ4n) is 3.39. The summed E-state index contributed by atoms with van der Waals surface area (Å²) in [6.45, 7) is 2.17. The van der Waals surface area contributed by atoms with Gasteiger partial charge in [0.1, 0.15) is 0 Å². The van der Waals surface area contributed by atoms with Crippen molar-refractivity contribution in [1.82, 2.24) is 5.32 Å². The number of hydrogen-bond acceptors (Lipinski definition) is 2. The summed E-state index contributed by atoms with van der Waals surface area (Å²) >= 11 is 0. The molecule has 0 saturated heterocycles. The average Bonchev–Trinajstić information content (AvgIpc) is 2.56. The van der Waals surface area contributed by atoms with Gasteiger partial charge in [0.15, 0.2) is 0 Å². The molecule has 0 atom stereocenters. The standard InChI is InChI=1S/C21H24N2O2/c1-16(24)23-19-10-8-17(9-11-19)14-20(25)22-15-21(12-5-13-21)18-6-3-2-4-7-18/h2-4,6-11H,5,12-15H2,1H3,(H,22,25)(H,23,24). The van der Waals surface area contributed by atoms with Crippen LogP contribution >= 0.6 is 0 Å². The molecule has 2 aromatic carbocycles. The summed E-state index contributed by atoms with van der Waals surface area (Å²) in [5, 5.41) is 5.83. The van der Waals surface area contributed by atoms with Crippen molar-refractivity contribution in [3.05, 3.63) is 65.7 Å². The van der Waals surface area contributed by atoms with E-state index < -0.39 is 0 Å². The van der Waals surface area contributed by atoms with Crippen LogP contribution in [0.1, 0.15) is 37.3 Å². The van der Waals surface area contributed by atoms with Gasteiger partial charge in [0.2, 0.25) is 11.8 Å². The van der Waals surface area contributed by atoms with Gasteiger partial charge in [-0.2, -0.15) is 0 Å². The highest BCUT2D eigenvalue weighted by atomic mass is 16.2. The van der Waals surface area contributed by atoms with E-state index in [1.54, 1.807) is 0 Å². The minimum absolute atomic E-state index is 0.0366. The number of benzene rings is 2. The molecule has 2 amide bonds. The molecule has 1 aliphatic carbocycles. The van der Waals surface area contributed by atoms with Crippen molar-refractivity contribution in [2.24, 2.45) is 0 Å². The first-order valence-electron chi connectivity index (χ1n) is 8.76. The number of amides is 2. The molecule has 0 aliphatic heterocycles. The van der Waals surface area contributed by atoms with Crippen molar-refractivity contribution in [3.63, 3.8) is 0 Å². The molecule has 0 heterocycles. The van der Waals surface area contributed by atoms with Crippen LogP contribution in [0.4, 0.5) is 5.69 Å². The molecule has 3 rings (SSSR count). The quantitative estimate of drug-likeness (QED) is 0.849. The van der Waals surface area contributed by atoms with Gasteiger partial charge in [-0.1, -0.05) is 48.9 Å². The monoisotopic (exact) mass is 336 g/mol. The lowest BCUT2D eigenvalue weighted by Gasteiger charge is -2.42. The summed E-state index contributed by atoms with van der Waals surface area (Å²) in [5.41, 5.74) is 3.11. The number of nitrogens with one attached hydrogen (secondary N) is 2. The van der Waals surface area contributed by atoms with Crippen LogP contribution in [0, 0.1) is 0 Å². The normalized spacial score (nSPS) is 15.1. The summed E-state index contributed by atoms with van der Waals surface area (Å²) in [7, 11) is 0. The van der Waals surface area contributed by atoms with E-state index in [1.807, 2.05) is 30.3 Å². The van der Waals surface area contributed by atoms with Gasteiger partial charge in [-0.15, -0.1) is 0 Å². The van der Waals surface area contributed by atoms with Crippen LogP contribution in [0.25, 0.3) is 0 Å². The Morgan fingerprint density at radius 2 is 1.68 bits per heavy atom. The van der Waals surface area contributed by atoms with E-state index in [4.69, 9.17) is 0 Å².